The van der Waals surface area contributed by atoms with Gasteiger partial charge in [-0.2, -0.15) is 0 Å². The molecule has 1 aliphatic heterocycles. The monoisotopic (exact) mass is 338 g/mol. The zero-order chi connectivity index (χ0) is 17.3. The van der Waals surface area contributed by atoms with Crippen LogP contribution in [0.4, 0.5) is 5.69 Å². The summed E-state index contributed by atoms with van der Waals surface area (Å²) in [5, 5.41) is 2.92. The molecule has 0 aliphatic carbocycles. The number of ether oxygens (including phenoxy) is 1. The molecular formula is C21H26N2O2. The highest BCUT2D eigenvalue weighted by Crippen LogP contribution is 2.13. The Kier molecular flexibility index (Phi) is 6.60. The van der Waals surface area contributed by atoms with E-state index < -0.39 is 0 Å². The van der Waals surface area contributed by atoms with Crippen molar-refractivity contribution in [2.75, 3.05) is 31.6 Å². The van der Waals surface area contributed by atoms with Gasteiger partial charge in [0.1, 0.15) is 6.61 Å². The Morgan fingerprint density at radius 3 is 2.56 bits per heavy atom. The van der Waals surface area contributed by atoms with Gasteiger partial charge in [-0.05, 0) is 55.6 Å². The molecule has 1 saturated heterocycles. The first-order valence-corrected chi connectivity index (χ1v) is 9.02. The number of benzene rings is 2. The van der Waals surface area contributed by atoms with Gasteiger partial charge in [-0.15, -0.1) is 0 Å². The van der Waals surface area contributed by atoms with E-state index in [9.17, 15) is 4.79 Å². The second-order valence-corrected chi connectivity index (χ2v) is 6.53. The summed E-state index contributed by atoms with van der Waals surface area (Å²) in [6.07, 6.45) is 3.66. The lowest BCUT2D eigenvalue weighted by molar-refractivity contribution is -0.121. The molecule has 4 nitrogen and oxygen atoms in total. The number of amides is 1. The van der Waals surface area contributed by atoms with Gasteiger partial charge in [0, 0.05) is 12.2 Å². The molecule has 1 fully saturated rings. The molecule has 25 heavy (non-hydrogen) atoms. The highest BCUT2D eigenvalue weighted by Gasteiger charge is 2.11. The van der Waals surface area contributed by atoms with E-state index in [1.54, 1.807) is 0 Å². The molecule has 0 bridgehead atoms. The highest BCUT2D eigenvalue weighted by atomic mass is 16.5. The van der Waals surface area contributed by atoms with Crippen LogP contribution in [-0.2, 0) is 22.6 Å². The molecule has 1 N–H and O–H groups in total. The van der Waals surface area contributed by atoms with Crippen LogP contribution in [0.15, 0.2) is 54.6 Å². The van der Waals surface area contributed by atoms with E-state index in [2.05, 4.69) is 22.3 Å². The summed E-state index contributed by atoms with van der Waals surface area (Å²) >= 11 is 0. The van der Waals surface area contributed by atoms with Crippen LogP contribution < -0.4 is 5.32 Å². The number of carbonyl (C=O) groups excluding carboxylic acids is 1. The molecule has 3 rings (SSSR count). The lowest BCUT2D eigenvalue weighted by Crippen LogP contribution is -2.22. The molecular weight excluding hydrogens is 312 g/mol. The molecule has 1 amide bonds. The normalized spacial score (nSPS) is 14.6. The molecule has 0 spiro atoms. The number of likely N-dealkylation sites (tertiary alicyclic amines) is 1. The Bertz CT molecular complexity index is 667. The number of hydrogen-bond acceptors (Lipinski definition) is 3. The van der Waals surface area contributed by atoms with E-state index in [0.29, 0.717) is 6.61 Å². The maximum Gasteiger partial charge on any atom is 0.250 e. The first kappa shape index (κ1) is 17.6. The van der Waals surface area contributed by atoms with Crippen LogP contribution in [0.2, 0.25) is 0 Å². The first-order chi connectivity index (χ1) is 12.3. The Morgan fingerprint density at radius 2 is 1.76 bits per heavy atom. The molecule has 0 atom stereocenters. The van der Waals surface area contributed by atoms with E-state index in [-0.39, 0.29) is 12.5 Å². The number of nitrogens with one attached hydrogen (secondary N) is 1. The van der Waals surface area contributed by atoms with Gasteiger partial charge in [0.15, 0.2) is 0 Å². The van der Waals surface area contributed by atoms with Gasteiger partial charge >= 0.3 is 0 Å². The third-order valence-corrected chi connectivity index (χ3v) is 4.47. The van der Waals surface area contributed by atoms with Crippen LogP contribution in [0.1, 0.15) is 24.0 Å². The number of hydrogen-bond donors (Lipinski definition) is 1. The predicted octanol–water partition coefficient (Wildman–Crippen LogP) is 3.48. The summed E-state index contributed by atoms with van der Waals surface area (Å²) in [5.41, 5.74) is 3.17. The summed E-state index contributed by atoms with van der Waals surface area (Å²) < 4.78 is 5.48. The zero-order valence-electron chi connectivity index (χ0n) is 14.6. The maximum atomic E-state index is 12.0. The minimum absolute atomic E-state index is 0.0624. The summed E-state index contributed by atoms with van der Waals surface area (Å²) in [4.78, 5) is 14.5. The summed E-state index contributed by atoms with van der Waals surface area (Å²) in [7, 11) is 0. The molecule has 2 aromatic rings. The van der Waals surface area contributed by atoms with Gasteiger partial charge < -0.3 is 15.0 Å². The van der Waals surface area contributed by atoms with Crippen molar-refractivity contribution in [3.05, 3.63) is 65.7 Å². The van der Waals surface area contributed by atoms with Crippen molar-refractivity contribution >= 4 is 11.6 Å². The third kappa shape index (κ3) is 6.00. The SMILES string of the molecule is O=C(COCc1ccccc1)Nc1cccc(CCN2CCCC2)c1. The average molecular weight is 338 g/mol. The van der Waals surface area contributed by atoms with Gasteiger partial charge in [0.2, 0.25) is 5.91 Å². The Balaban J connectivity index is 1.42. The highest BCUT2D eigenvalue weighted by molar-refractivity contribution is 5.91. The second kappa shape index (κ2) is 9.35. The van der Waals surface area contributed by atoms with E-state index in [1.165, 1.54) is 31.5 Å². The van der Waals surface area contributed by atoms with E-state index in [0.717, 1.165) is 24.2 Å². The van der Waals surface area contributed by atoms with Crippen LogP contribution in [0.5, 0.6) is 0 Å². The molecule has 1 heterocycles. The second-order valence-electron chi connectivity index (χ2n) is 6.53. The molecule has 0 unspecified atom stereocenters. The minimum Gasteiger partial charge on any atom is -0.367 e. The van der Waals surface area contributed by atoms with Crippen molar-refractivity contribution in [3.8, 4) is 0 Å². The quantitative estimate of drug-likeness (QED) is 0.801. The summed E-state index contributed by atoms with van der Waals surface area (Å²) in [6.45, 7) is 4.04. The first-order valence-electron chi connectivity index (χ1n) is 9.02. The fourth-order valence-electron chi connectivity index (χ4n) is 3.13. The van der Waals surface area contributed by atoms with Crippen molar-refractivity contribution in [2.45, 2.75) is 25.9 Å². The van der Waals surface area contributed by atoms with Crippen LogP contribution in [-0.4, -0.2) is 37.0 Å². The minimum atomic E-state index is -0.118. The predicted molar refractivity (Wildman–Crippen MR) is 101 cm³/mol. The maximum absolute atomic E-state index is 12.0. The largest absolute Gasteiger partial charge is 0.367 e. The van der Waals surface area contributed by atoms with Crippen molar-refractivity contribution < 1.29 is 9.53 Å². The van der Waals surface area contributed by atoms with E-state index in [1.807, 2.05) is 42.5 Å². The van der Waals surface area contributed by atoms with Crippen molar-refractivity contribution in [2.24, 2.45) is 0 Å². The fraction of sp³-hybridized carbons (Fsp3) is 0.381. The molecule has 4 heteroatoms. The molecule has 0 radical (unpaired) electrons. The number of rotatable bonds is 8. The number of carbonyl (C=O) groups is 1. The van der Waals surface area contributed by atoms with Crippen LogP contribution in [0, 0.1) is 0 Å². The smallest absolute Gasteiger partial charge is 0.250 e. The van der Waals surface area contributed by atoms with Gasteiger partial charge in [0.05, 0.1) is 6.61 Å². The van der Waals surface area contributed by atoms with Crippen molar-refractivity contribution in [3.63, 3.8) is 0 Å². The molecule has 0 saturated carbocycles. The van der Waals surface area contributed by atoms with E-state index in [4.69, 9.17) is 4.74 Å². The Labute approximate surface area is 149 Å². The van der Waals surface area contributed by atoms with Crippen molar-refractivity contribution in [1.82, 2.24) is 4.90 Å². The van der Waals surface area contributed by atoms with Crippen molar-refractivity contribution in [1.29, 1.82) is 0 Å². The van der Waals surface area contributed by atoms with E-state index >= 15 is 0 Å². The van der Waals surface area contributed by atoms with Gasteiger partial charge in [0.25, 0.3) is 0 Å². The number of nitrogens with zero attached hydrogens (tertiary/aromatic N) is 1. The summed E-state index contributed by atoms with van der Waals surface area (Å²) in [6, 6.07) is 18.0. The Hall–Kier alpha value is -2.17. The zero-order valence-corrected chi connectivity index (χ0v) is 14.6. The fourth-order valence-corrected chi connectivity index (χ4v) is 3.13. The molecule has 2 aromatic carbocycles. The topological polar surface area (TPSA) is 41.6 Å². The number of anilines is 1. The Morgan fingerprint density at radius 1 is 1.00 bits per heavy atom. The molecule has 0 aromatic heterocycles. The lowest BCUT2D eigenvalue weighted by atomic mass is 10.1. The van der Waals surface area contributed by atoms with Gasteiger partial charge in [-0.3, -0.25) is 4.79 Å². The standard InChI is InChI=1S/C21H26N2O2/c24-21(17-25-16-19-7-2-1-3-8-19)22-20-10-6-9-18(15-20)11-14-23-12-4-5-13-23/h1-3,6-10,15H,4-5,11-14,16-17H2,(H,22,24). The van der Waals surface area contributed by atoms with Crippen LogP contribution >= 0.6 is 0 Å². The third-order valence-electron chi connectivity index (χ3n) is 4.47. The average Bonchev–Trinajstić information content (AvgIpc) is 3.15. The van der Waals surface area contributed by atoms with Crippen LogP contribution in [0.25, 0.3) is 0 Å². The molecule has 132 valence electrons. The van der Waals surface area contributed by atoms with Gasteiger partial charge in [-0.1, -0.05) is 42.5 Å². The van der Waals surface area contributed by atoms with Crippen LogP contribution in [0.3, 0.4) is 0 Å². The van der Waals surface area contributed by atoms with Gasteiger partial charge in [-0.25, -0.2) is 0 Å². The lowest BCUT2D eigenvalue weighted by Gasteiger charge is -2.14. The summed E-state index contributed by atoms with van der Waals surface area (Å²) in [5.74, 6) is -0.118. The molecule has 1 aliphatic rings.